The van der Waals surface area contributed by atoms with Crippen LogP contribution in [0.4, 0.5) is 34.5 Å². The molecule has 1 aliphatic rings. The van der Waals surface area contributed by atoms with Crippen LogP contribution in [0.25, 0.3) is 0 Å². The maximum Gasteiger partial charge on any atom is 0.229 e. The van der Waals surface area contributed by atoms with Gasteiger partial charge in [-0.05, 0) is 60.7 Å². The Kier molecular flexibility index (Phi) is 6.89. The predicted molar refractivity (Wildman–Crippen MR) is 141 cm³/mol. The fraction of sp³-hybridized carbons (Fsp3) is 0.148. The van der Waals surface area contributed by atoms with Crippen LogP contribution in [0.1, 0.15) is 6.42 Å². The number of rotatable bonds is 8. The molecule has 10 nitrogen and oxygen atoms in total. The van der Waals surface area contributed by atoms with Crippen LogP contribution < -0.4 is 25.6 Å². The number of aromatic nitrogens is 3. The SMILES string of the molecule is COc1ccc(N2CC(C(=O)Nc3ccc(Nc4cc(Nc5ccccn5)ncn4)cc3)CC2=O)cc1. The van der Waals surface area contributed by atoms with Crippen LogP contribution in [0.3, 0.4) is 0 Å². The normalized spacial score (nSPS) is 14.8. The van der Waals surface area contributed by atoms with Gasteiger partial charge in [0.1, 0.15) is 29.5 Å². The molecule has 0 saturated carbocycles. The van der Waals surface area contributed by atoms with Gasteiger partial charge in [-0.1, -0.05) is 6.07 Å². The highest BCUT2D eigenvalue weighted by Crippen LogP contribution is 2.28. The molecule has 1 aliphatic heterocycles. The highest BCUT2D eigenvalue weighted by Gasteiger charge is 2.35. The zero-order valence-corrected chi connectivity index (χ0v) is 20.1. The molecule has 5 rings (SSSR count). The van der Waals surface area contributed by atoms with Gasteiger partial charge in [0, 0.05) is 42.3 Å². The number of anilines is 6. The monoisotopic (exact) mass is 495 g/mol. The number of hydrogen-bond donors (Lipinski definition) is 3. The number of nitrogens with one attached hydrogen (secondary N) is 3. The van der Waals surface area contributed by atoms with Crippen molar-refractivity contribution < 1.29 is 14.3 Å². The Balaban J connectivity index is 1.17. The van der Waals surface area contributed by atoms with E-state index < -0.39 is 5.92 Å². The average Bonchev–Trinajstić information content (AvgIpc) is 3.32. The van der Waals surface area contributed by atoms with E-state index in [2.05, 4.69) is 30.9 Å². The number of carbonyl (C=O) groups is 2. The van der Waals surface area contributed by atoms with Gasteiger partial charge < -0.3 is 25.6 Å². The lowest BCUT2D eigenvalue weighted by Crippen LogP contribution is -2.28. The zero-order valence-electron chi connectivity index (χ0n) is 20.1. The van der Waals surface area contributed by atoms with Gasteiger partial charge in [0.15, 0.2) is 0 Å². The van der Waals surface area contributed by atoms with Crippen molar-refractivity contribution in [1.29, 1.82) is 0 Å². The van der Waals surface area contributed by atoms with E-state index in [4.69, 9.17) is 4.74 Å². The van der Waals surface area contributed by atoms with Crippen molar-refractivity contribution in [2.75, 3.05) is 34.5 Å². The van der Waals surface area contributed by atoms with Crippen molar-refractivity contribution in [3.05, 3.63) is 85.3 Å². The van der Waals surface area contributed by atoms with Crippen molar-refractivity contribution in [3.63, 3.8) is 0 Å². The fourth-order valence-corrected chi connectivity index (χ4v) is 3.99. The number of hydrogen-bond acceptors (Lipinski definition) is 8. The summed E-state index contributed by atoms with van der Waals surface area (Å²) in [6.07, 6.45) is 3.32. The van der Waals surface area contributed by atoms with Crippen LogP contribution in [0, 0.1) is 5.92 Å². The fourth-order valence-electron chi connectivity index (χ4n) is 3.99. The molecule has 0 aliphatic carbocycles. The van der Waals surface area contributed by atoms with Gasteiger partial charge in [0.2, 0.25) is 11.8 Å². The molecule has 1 fully saturated rings. The van der Waals surface area contributed by atoms with Crippen LogP contribution in [-0.2, 0) is 9.59 Å². The number of ether oxygens (including phenoxy) is 1. The first-order valence-corrected chi connectivity index (χ1v) is 11.7. The molecule has 2 aromatic heterocycles. The molecule has 1 saturated heterocycles. The topological polar surface area (TPSA) is 121 Å². The molecule has 3 N–H and O–H groups in total. The maximum absolute atomic E-state index is 12.8. The van der Waals surface area contributed by atoms with Crippen LogP contribution in [0.5, 0.6) is 5.75 Å². The van der Waals surface area contributed by atoms with Crippen LogP contribution in [-0.4, -0.2) is 40.4 Å². The van der Waals surface area contributed by atoms with Crippen molar-refractivity contribution >= 4 is 46.3 Å². The average molecular weight is 496 g/mol. The molecular formula is C27H25N7O3. The van der Waals surface area contributed by atoms with Crippen molar-refractivity contribution in [2.24, 2.45) is 5.92 Å². The predicted octanol–water partition coefficient (Wildman–Crippen LogP) is 4.36. The van der Waals surface area contributed by atoms with Gasteiger partial charge in [-0.25, -0.2) is 15.0 Å². The van der Waals surface area contributed by atoms with E-state index in [9.17, 15) is 9.59 Å². The third kappa shape index (κ3) is 5.81. The number of nitrogens with zero attached hydrogens (tertiary/aromatic N) is 4. The molecule has 2 aromatic carbocycles. The van der Waals surface area contributed by atoms with Gasteiger partial charge >= 0.3 is 0 Å². The molecular weight excluding hydrogens is 470 g/mol. The Morgan fingerprint density at radius 2 is 1.62 bits per heavy atom. The van der Waals surface area contributed by atoms with E-state index in [-0.39, 0.29) is 18.2 Å². The molecule has 3 heterocycles. The Labute approximate surface area is 213 Å². The minimum absolute atomic E-state index is 0.0772. The van der Waals surface area contributed by atoms with Crippen molar-refractivity contribution in [3.8, 4) is 5.75 Å². The second-order valence-corrected chi connectivity index (χ2v) is 8.42. The van der Waals surface area contributed by atoms with Crippen LogP contribution in [0.2, 0.25) is 0 Å². The van der Waals surface area contributed by atoms with Gasteiger partial charge in [-0.3, -0.25) is 9.59 Å². The molecule has 37 heavy (non-hydrogen) atoms. The van der Waals surface area contributed by atoms with E-state index in [1.54, 1.807) is 48.5 Å². The van der Waals surface area contributed by atoms with E-state index in [0.29, 0.717) is 35.4 Å². The Bertz CT molecular complexity index is 1380. The lowest BCUT2D eigenvalue weighted by Gasteiger charge is -2.17. The molecule has 0 radical (unpaired) electrons. The largest absolute Gasteiger partial charge is 0.497 e. The first kappa shape index (κ1) is 23.7. The summed E-state index contributed by atoms with van der Waals surface area (Å²) in [6, 6.07) is 21.9. The van der Waals surface area contributed by atoms with Gasteiger partial charge in [-0.2, -0.15) is 0 Å². The molecule has 4 aromatic rings. The lowest BCUT2D eigenvalue weighted by atomic mass is 10.1. The van der Waals surface area contributed by atoms with Gasteiger partial charge in [0.05, 0.1) is 13.0 Å². The summed E-state index contributed by atoms with van der Waals surface area (Å²) < 4.78 is 5.17. The molecule has 2 amide bonds. The number of carbonyl (C=O) groups excluding carboxylic acids is 2. The lowest BCUT2D eigenvalue weighted by molar-refractivity contribution is -0.122. The molecule has 1 atom stereocenters. The summed E-state index contributed by atoms with van der Waals surface area (Å²) >= 11 is 0. The van der Waals surface area contributed by atoms with Crippen molar-refractivity contribution in [2.45, 2.75) is 6.42 Å². The summed E-state index contributed by atoms with van der Waals surface area (Å²) in [5, 5.41) is 9.26. The van der Waals surface area contributed by atoms with Crippen molar-refractivity contribution in [1.82, 2.24) is 15.0 Å². The third-order valence-electron chi connectivity index (χ3n) is 5.89. The summed E-state index contributed by atoms with van der Waals surface area (Å²) in [4.78, 5) is 39.7. The Morgan fingerprint density at radius 3 is 2.32 bits per heavy atom. The Morgan fingerprint density at radius 1 is 0.892 bits per heavy atom. The number of benzene rings is 2. The van der Waals surface area contributed by atoms with Crippen LogP contribution >= 0.6 is 0 Å². The minimum Gasteiger partial charge on any atom is -0.497 e. The highest BCUT2D eigenvalue weighted by molar-refractivity contribution is 6.03. The third-order valence-corrected chi connectivity index (χ3v) is 5.89. The molecule has 0 bridgehead atoms. The molecule has 1 unspecified atom stereocenters. The van der Waals surface area contributed by atoms with E-state index in [1.165, 1.54) is 6.33 Å². The first-order valence-electron chi connectivity index (χ1n) is 11.7. The maximum atomic E-state index is 12.8. The smallest absolute Gasteiger partial charge is 0.229 e. The quantitative estimate of drug-likeness (QED) is 0.330. The summed E-state index contributed by atoms with van der Waals surface area (Å²) in [6.45, 7) is 0.333. The number of methoxy groups -OCH3 is 1. The number of amides is 2. The Hall–Kier alpha value is -4.99. The summed E-state index contributed by atoms with van der Waals surface area (Å²) in [5.74, 6) is 1.91. The zero-order chi connectivity index (χ0) is 25.6. The molecule has 10 heteroatoms. The van der Waals surface area contributed by atoms with Crippen LogP contribution in [0.15, 0.2) is 85.3 Å². The highest BCUT2D eigenvalue weighted by atomic mass is 16.5. The minimum atomic E-state index is -0.432. The van der Waals surface area contributed by atoms with E-state index in [0.717, 1.165) is 11.4 Å². The second kappa shape index (κ2) is 10.7. The first-order chi connectivity index (χ1) is 18.1. The summed E-state index contributed by atoms with van der Waals surface area (Å²) in [7, 11) is 1.59. The standard InChI is InChI=1S/C27H25N7O3/c1-37-22-11-9-21(10-12-22)34-16-18(14-26(34)35)27(36)32-20-7-5-19(6-8-20)31-24-15-25(30-17-29-24)33-23-4-2-3-13-28-23/h2-13,15,17-18H,14,16H2,1H3,(H,32,36)(H2,28,29,30,31,33). The summed E-state index contributed by atoms with van der Waals surface area (Å²) in [5.41, 5.74) is 2.19. The van der Waals surface area contributed by atoms with E-state index >= 15 is 0 Å². The number of pyridine rings is 1. The molecule has 186 valence electrons. The second-order valence-electron chi connectivity index (χ2n) is 8.42. The molecule has 0 spiro atoms. The van der Waals surface area contributed by atoms with Gasteiger partial charge in [-0.15, -0.1) is 0 Å². The van der Waals surface area contributed by atoms with Gasteiger partial charge in [0.25, 0.3) is 0 Å². The van der Waals surface area contributed by atoms with E-state index in [1.807, 2.05) is 42.5 Å².